The summed E-state index contributed by atoms with van der Waals surface area (Å²) in [6.45, 7) is 6.24. The van der Waals surface area contributed by atoms with Crippen LogP contribution in [0.3, 0.4) is 0 Å². The zero-order valence-corrected chi connectivity index (χ0v) is 18.9. The third kappa shape index (κ3) is 6.71. The summed E-state index contributed by atoms with van der Waals surface area (Å²) in [4.78, 5) is 24.2. The SMILES string of the molecule is C=C(Nc1ccc(NC(=O)CC(=O)NC2CCCC2)cc1)c1c(N)ccc(OCCC)c1F. The molecule has 0 atom stereocenters. The van der Waals surface area contributed by atoms with Gasteiger partial charge in [0, 0.05) is 28.8 Å². The first-order valence-electron chi connectivity index (χ1n) is 11.2. The largest absolute Gasteiger partial charge is 0.491 e. The highest BCUT2D eigenvalue weighted by atomic mass is 19.1. The quantitative estimate of drug-likeness (QED) is 0.308. The summed E-state index contributed by atoms with van der Waals surface area (Å²) in [6, 6.07) is 10.1. The summed E-state index contributed by atoms with van der Waals surface area (Å²) in [5.74, 6) is -1.09. The summed E-state index contributed by atoms with van der Waals surface area (Å²) in [5, 5.41) is 8.63. The van der Waals surface area contributed by atoms with E-state index in [0.717, 1.165) is 32.1 Å². The minimum Gasteiger partial charge on any atom is -0.491 e. The highest BCUT2D eigenvalue weighted by Crippen LogP contribution is 2.31. The van der Waals surface area contributed by atoms with E-state index < -0.39 is 5.82 Å². The Hall–Kier alpha value is -3.55. The van der Waals surface area contributed by atoms with Gasteiger partial charge in [-0.15, -0.1) is 0 Å². The van der Waals surface area contributed by atoms with Crippen molar-refractivity contribution in [2.75, 3.05) is 23.0 Å². The van der Waals surface area contributed by atoms with Crippen LogP contribution in [0.15, 0.2) is 43.0 Å². The first-order chi connectivity index (χ1) is 15.9. The molecule has 0 bridgehead atoms. The molecule has 0 radical (unpaired) electrons. The molecular formula is C25H31FN4O3. The highest BCUT2D eigenvalue weighted by Gasteiger charge is 2.19. The molecule has 2 aromatic rings. The van der Waals surface area contributed by atoms with Crippen molar-refractivity contribution in [2.24, 2.45) is 0 Å². The number of amides is 2. The molecule has 5 N–H and O–H groups in total. The number of anilines is 3. The van der Waals surface area contributed by atoms with Crippen LogP contribution in [0.5, 0.6) is 5.75 Å². The van der Waals surface area contributed by atoms with E-state index in [9.17, 15) is 14.0 Å². The van der Waals surface area contributed by atoms with E-state index in [1.807, 2.05) is 6.92 Å². The summed E-state index contributed by atoms with van der Waals surface area (Å²) in [5.41, 5.74) is 7.82. The van der Waals surface area contributed by atoms with Gasteiger partial charge in [-0.05, 0) is 55.7 Å². The van der Waals surface area contributed by atoms with Gasteiger partial charge in [-0.1, -0.05) is 26.3 Å². The van der Waals surface area contributed by atoms with Crippen LogP contribution in [-0.2, 0) is 9.59 Å². The molecule has 1 saturated carbocycles. The number of nitrogens with two attached hydrogens (primary N) is 1. The molecule has 7 nitrogen and oxygen atoms in total. The van der Waals surface area contributed by atoms with Gasteiger partial charge in [0.25, 0.3) is 0 Å². The van der Waals surface area contributed by atoms with Crippen LogP contribution in [0, 0.1) is 5.82 Å². The van der Waals surface area contributed by atoms with Crippen molar-refractivity contribution in [3.8, 4) is 5.75 Å². The lowest BCUT2D eigenvalue weighted by molar-refractivity contribution is -0.127. The molecule has 0 spiro atoms. The molecule has 2 amide bonds. The van der Waals surface area contributed by atoms with E-state index in [4.69, 9.17) is 10.5 Å². The van der Waals surface area contributed by atoms with Crippen LogP contribution in [0.25, 0.3) is 5.70 Å². The van der Waals surface area contributed by atoms with Crippen molar-refractivity contribution in [3.63, 3.8) is 0 Å². The van der Waals surface area contributed by atoms with Crippen molar-refractivity contribution in [3.05, 3.63) is 54.4 Å². The second kappa shape index (κ2) is 11.4. The maximum absolute atomic E-state index is 14.9. The normalized spacial score (nSPS) is 13.4. The van der Waals surface area contributed by atoms with Crippen LogP contribution >= 0.6 is 0 Å². The predicted octanol–water partition coefficient (Wildman–Crippen LogP) is 4.67. The van der Waals surface area contributed by atoms with E-state index >= 15 is 0 Å². The third-order valence-electron chi connectivity index (χ3n) is 5.41. The summed E-state index contributed by atoms with van der Waals surface area (Å²) < 4.78 is 20.3. The number of nitrogens with one attached hydrogen (secondary N) is 3. The molecule has 8 heteroatoms. The van der Waals surface area contributed by atoms with Crippen molar-refractivity contribution < 1.29 is 18.7 Å². The minimum absolute atomic E-state index is 0.124. The Labute approximate surface area is 193 Å². The average Bonchev–Trinajstić information content (AvgIpc) is 3.27. The number of ether oxygens (including phenoxy) is 1. The molecule has 176 valence electrons. The monoisotopic (exact) mass is 454 g/mol. The van der Waals surface area contributed by atoms with Gasteiger partial charge < -0.3 is 26.4 Å². The number of carbonyl (C=O) groups excluding carboxylic acids is 2. The molecule has 2 aromatic carbocycles. The van der Waals surface area contributed by atoms with Crippen LogP contribution in [0.2, 0.25) is 0 Å². The molecule has 0 heterocycles. The van der Waals surface area contributed by atoms with Crippen molar-refractivity contribution in [2.45, 2.75) is 51.5 Å². The zero-order chi connectivity index (χ0) is 23.8. The average molecular weight is 455 g/mol. The molecule has 3 rings (SSSR count). The Balaban J connectivity index is 1.56. The van der Waals surface area contributed by atoms with E-state index in [1.54, 1.807) is 30.3 Å². The molecule has 1 aliphatic carbocycles. The van der Waals surface area contributed by atoms with Gasteiger partial charge in [0.15, 0.2) is 11.6 Å². The fourth-order valence-corrected chi connectivity index (χ4v) is 3.78. The topological polar surface area (TPSA) is 105 Å². The molecule has 0 aliphatic heterocycles. The summed E-state index contributed by atoms with van der Waals surface area (Å²) in [7, 11) is 0. The molecule has 1 aliphatic rings. The van der Waals surface area contributed by atoms with E-state index in [-0.39, 0.29) is 47.0 Å². The second-order valence-electron chi connectivity index (χ2n) is 8.15. The molecular weight excluding hydrogens is 423 g/mol. The maximum Gasteiger partial charge on any atom is 0.233 e. The predicted molar refractivity (Wildman–Crippen MR) is 129 cm³/mol. The lowest BCUT2D eigenvalue weighted by atomic mass is 10.1. The second-order valence-corrected chi connectivity index (χ2v) is 8.15. The van der Waals surface area contributed by atoms with Gasteiger partial charge in [-0.3, -0.25) is 9.59 Å². The van der Waals surface area contributed by atoms with Crippen molar-refractivity contribution >= 4 is 34.6 Å². The number of hydrogen-bond acceptors (Lipinski definition) is 5. The Morgan fingerprint density at radius 3 is 2.33 bits per heavy atom. The lowest BCUT2D eigenvalue weighted by Crippen LogP contribution is -2.34. The third-order valence-corrected chi connectivity index (χ3v) is 5.41. The Morgan fingerprint density at radius 1 is 1.06 bits per heavy atom. The number of nitrogen functional groups attached to an aromatic ring is 1. The first kappa shape index (κ1) is 24.1. The first-order valence-corrected chi connectivity index (χ1v) is 11.2. The lowest BCUT2D eigenvalue weighted by Gasteiger charge is -2.16. The number of halogens is 1. The molecule has 0 unspecified atom stereocenters. The van der Waals surface area contributed by atoms with Crippen LogP contribution in [-0.4, -0.2) is 24.5 Å². The Bertz CT molecular complexity index is 1000. The Kier molecular flexibility index (Phi) is 8.29. The fraction of sp³-hybridized carbons (Fsp3) is 0.360. The number of rotatable bonds is 10. The summed E-state index contributed by atoms with van der Waals surface area (Å²) >= 11 is 0. The van der Waals surface area contributed by atoms with Crippen LogP contribution < -0.4 is 26.4 Å². The molecule has 33 heavy (non-hydrogen) atoms. The van der Waals surface area contributed by atoms with Gasteiger partial charge in [-0.2, -0.15) is 0 Å². The number of benzene rings is 2. The van der Waals surface area contributed by atoms with Gasteiger partial charge in [-0.25, -0.2) is 4.39 Å². The van der Waals surface area contributed by atoms with E-state index in [1.165, 1.54) is 6.07 Å². The molecule has 0 aromatic heterocycles. The summed E-state index contributed by atoms with van der Waals surface area (Å²) in [6.07, 6.45) is 4.70. The van der Waals surface area contributed by atoms with E-state index in [0.29, 0.717) is 18.0 Å². The highest BCUT2D eigenvalue weighted by molar-refractivity contribution is 6.03. The van der Waals surface area contributed by atoms with Crippen LogP contribution in [0.4, 0.5) is 21.5 Å². The zero-order valence-electron chi connectivity index (χ0n) is 18.9. The van der Waals surface area contributed by atoms with Crippen molar-refractivity contribution in [1.29, 1.82) is 0 Å². The molecule has 0 saturated heterocycles. The van der Waals surface area contributed by atoms with E-state index in [2.05, 4.69) is 22.5 Å². The number of hydrogen-bond donors (Lipinski definition) is 4. The minimum atomic E-state index is -0.569. The Morgan fingerprint density at radius 2 is 1.70 bits per heavy atom. The van der Waals surface area contributed by atoms with Gasteiger partial charge in [0.2, 0.25) is 11.8 Å². The fourth-order valence-electron chi connectivity index (χ4n) is 3.78. The van der Waals surface area contributed by atoms with Gasteiger partial charge >= 0.3 is 0 Å². The molecule has 1 fully saturated rings. The maximum atomic E-state index is 14.9. The smallest absolute Gasteiger partial charge is 0.233 e. The van der Waals surface area contributed by atoms with Crippen molar-refractivity contribution in [1.82, 2.24) is 5.32 Å². The van der Waals surface area contributed by atoms with Gasteiger partial charge in [0.1, 0.15) is 6.42 Å². The standard InChI is InChI=1S/C25H31FN4O3/c1-3-14-33-21-13-12-20(27)24(25(21)26)16(2)28-18-8-10-19(11-9-18)30-23(32)15-22(31)29-17-6-4-5-7-17/h8-13,17,28H,2-7,14-15,27H2,1H3,(H,29,31)(H,30,32). The van der Waals surface area contributed by atoms with Crippen LogP contribution in [0.1, 0.15) is 51.0 Å². The number of carbonyl (C=O) groups is 2. The van der Waals surface area contributed by atoms with Gasteiger partial charge in [0.05, 0.1) is 12.2 Å².